The fourth-order valence-electron chi connectivity index (χ4n) is 3.04. The molecular formula is C16H33N. The lowest BCUT2D eigenvalue weighted by molar-refractivity contribution is 0.206. The van der Waals surface area contributed by atoms with Gasteiger partial charge in [-0.15, -0.1) is 0 Å². The van der Waals surface area contributed by atoms with Crippen molar-refractivity contribution in [1.29, 1.82) is 0 Å². The largest absolute Gasteiger partial charge is 0.311 e. The van der Waals surface area contributed by atoms with E-state index >= 15 is 0 Å². The minimum atomic E-state index is 0.746. The molecule has 1 fully saturated rings. The molecule has 1 aliphatic carbocycles. The normalized spacial score (nSPS) is 33.4. The van der Waals surface area contributed by atoms with Gasteiger partial charge in [0.2, 0.25) is 0 Å². The molecule has 0 aromatic heterocycles. The van der Waals surface area contributed by atoms with E-state index in [0.29, 0.717) is 0 Å². The highest BCUT2D eigenvalue weighted by Crippen LogP contribution is 2.30. The van der Waals surface area contributed by atoms with E-state index in [9.17, 15) is 0 Å². The van der Waals surface area contributed by atoms with Gasteiger partial charge in [-0.25, -0.2) is 0 Å². The molecule has 0 saturated heterocycles. The standard InChI is InChI=1S/C16H33N/c1-6-12(3)10-15(7-2)17-16-9-8-13(4)14(5)11-16/h12-17H,6-11H2,1-5H3. The van der Waals surface area contributed by atoms with Crippen LogP contribution in [-0.2, 0) is 0 Å². The minimum absolute atomic E-state index is 0.746. The van der Waals surface area contributed by atoms with Crippen LogP contribution < -0.4 is 5.32 Å². The van der Waals surface area contributed by atoms with Crippen molar-refractivity contribution >= 4 is 0 Å². The van der Waals surface area contributed by atoms with Crippen LogP contribution in [0.4, 0.5) is 0 Å². The summed E-state index contributed by atoms with van der Waals surface area (Å²) in [5.74, 6) is 2.71. The van der Waals surface area contributed by atoms with Gasteiger partial charge in [0.05, 0.1) is 0 Å². The summed E-state index contributed by atoms with van der Waals surface area (Å²) in [7, 11) is 0. The number of nitrogens with one attached hydrogen (secondary N) is 1. The van der Waals surface area contributed by atoms with Gasteiger partial charge in [-0.05, 0) is 49.9 Å². The van der Waals surface area contributed by atoms with Crippen LogP contribution in [0.2, 0.25) is 0 Å². The molecule has 0 heterocycles. The molecule has 0 amide bonds. The topological polar surface area (TPSA) is 12.0 Å². The van der Waals surface area contributed by atoms with Gasteiger partial charge in [-0.2, -0.15) is 0 Å². The van der Waals surface area contributed by atoms with Crippen LogP contribution in [0, 0.1) is 17.8 Å². The third-order valence-electron chi connectivity index (χ3n) is 4.95. The molecule has 5 unspecified atom stereocenters. The maximum atomic E-state index is 3.92. The van der Waals surface area contributed by atoms with Crippen LogP contribution in [0.5, 0.6) is 0 Å². The van der Waals surface area contributed by atoms with E-state index in [1.807, 2.05) is 0 Å². The zero-order valence-electron chi connectivity index (χ0n) is 12.6. The maximum Gasteiger partial charge on any atom is 0.00723 e. The Bertz CT molecular complexity index is 200. The summed E-state index contributed by atoms with van der Waals surface area (Å²) in [5.41, 5.74) is 0. The van der Waals surface area contributed by atoms with Crippen LogP contribution in [0.1, 0.15) is 73.1 Å². The first kappa shape index (κ1) is 15.0. The van der Waals surface area contributed by atoms with Crippen molar-refractivity contribution in [3.8, 4) is 0 Å². The third kappa shape index (κ3) is 4.99. The van der Waals surface area contributed by atoms with Gasteiger partial charge in [-0.3, -0.25) is 0 Å². The summed E-state index contributed by atoms with van der Waals surface area (Å²) in [6.45, 7) is 11.9. The van der Waals surface area contributed by atoms with Crippen LogP contribution >= 0.6 is 0 Å². The Morgan fingerprint density at radius 2 is 1.76 bits per heavy atom. The van der Waals surface area contributed by atoms with Crippen molar-refractivity contribution in [2.45, 2.75) is 85.2 Å². The van der Waals surface area contributed by atoms with Crippen molar-refractivity contribution < 1.29 is 0 Å². The second-order valence-corrected chi connectivity index (χ2v) is 6.49. The fourth-order valence-corrected chi connectivity index (χ4v) is 3.04. The van der Waals surface area contributed by atoms with Gasteiger partial charge < -0.3 is 5.32 Å². The van der Waals surface area contributed by atoms with Gasteiger partial charge in [0.1, 0.15) is 0 Å². The molecule has 0 aromatic carbocycles. The van der Waals surface area contributed by atoms with Crippen molar-refractivity contribution in [3.63, 3.8) is 0 Å². The van der Waals surface area contributed by atoms with E-state index < -0.39 is 0 Å². The monoisotopic (exact) mass is 239 g/mol. The number of hydrogen-bond donors (Lipinski definition) is 1. The molecule has 1 saturated carbocycles. The highest BCUT2D eigenvalue weighted by atomic mass is 15.0. The molecule has 0 aromatic rings. The van der Waals surface area contributed by atoms with Crippen LogP contribution in [0.25, 0.3) is 0 Å². The second kappa shape index (κ2) is 7.41. The number of hydrogen-bond acceptors (Lipinski definition) is 1. The molecule has 17 heavy (non-hydrogen) atoms. The van der Waals surface area contributed by atoms with Crippen LogP contribution in [0.15, 0.2) is 0 Å². The third-order valence-corrected chi connectivity index (χ3v) is 4.95. The Balaban J connectivity index is 2.35. The Hall–Kier alpha value is -0.0400. The average molecular weight is 239 g/mol. The van der Waals surface area contributed by atoms with E-state index in [4.69, 9.17) is 0 Å². The summed E-state index contributed by atoms with van der Waals surface area (Å²) in [6.07, 6.45) is 8.15. The Morgan fingerprint density at radius 1 is 1.06 bits per heavy atom. The van der Waals surface area contributed by atoms with E-state index in [2.05, 4.69) is 39.9 Å². The summed E-state index contributed by atoms with van der Waals surface area (Å²) in [4.78, 5) is 0. The molecule has 1 rings (SSSR count). The lowest BCUT2D eigenvalue weighted by Gasteiger charge is -2.35. The summed E-state index contributed by atoms with van der Waals surface area (Å²) >= 11 is 0. The van der Waals surface area contributed by atoms with Gasteiger partial charge >= 0.3 is 0 Å². The summed E-state index contributed by atoms with van der Waals surface area (Å²) < 4.78 is 0. The number of rotatable bonds is 6. The highest BCUT2D eigenvalue weighted by molar-refractivity contribution is 4.82. The second-order valence-electron chi connectivity index (χ2n) is 6.49. The van der Waals surface area contributed by atoms with Crippen molar-refractivity contribution in [2.24, 2.45) is 17.8 Å². The first-order valence-electron chi connectivity index (χ1n) is 7.82. The first-order chi connectivity index (χ1) is 8.06. The molecular weight excluding hydrogens is 206 g/mol. The quantitative estimate of drug-likeness (QED) is 0.713. The molecule has 102 valence electrons. The van der Waals surface area contributed by atoms with E-state index in [1.165, 1.54) is 38.5 Å². The van der Waals surface area contributed by atoms with Gasteiger partial charge in [0.25, 0.3) is 0 Å². The van der Waals surface area contributed by atoms with Gasteiger partial charge in [0, 0.05) is 12.1 Å². The van der Waals surface area contributed by atoms with Crippen LogP contribution in [0.3, 0.4) is 0 Å². The van der Waals surface area contributed by atoms with E-state index in [1.54, 1.807) is 0 Å². The van der Waals surface area contributed by atoms with E-state index in [0.717, 1.165) is 29.8 Å². The lowest BCUT2D eigenvalue weighted by Crippen LogP contribution is -2.42. The maximum absolute atomic E-state index is 3.92. The fraction of sp³-hybridized carbons (Fsp3) is 1.00. The predicted octanol–water partition coefficient (Wildman–Crippen LogP) is 4.62. The SMILES string of the molecule is CCC(C)CC(CC)NC1CCC(C)C(C)C1. The molecule has 5 atom stereocenters. The average Bonchev–Trinajstić information content (AvgIpc) is 2.32. The Kier molecular flexibility index (Phi) is 6.54. The smallest absolute Gasteiger partial charge is 0.00723 e. The van der Waals surface area contributed by atoms with Crippen LogP contribution in [-0.4, -0.2) is 12.1 Å². The summed E-state index contributed by atoms with van der Waals surface area (Å²) in [6, 6.07) is 1.53. The van der Waals surface area contributed by atoms with Gasteiger partial charge in [-0.1, -0.05) is 41.0 Å². The molecule has 1 heteroatoms. The molecule has 0 aliphatic heterocycles. The van der Waals surface area contributed by atoms with Gasteiger partial charge in [0.15, 0.2) is 0 Å². The zero-order valence-corrected chi connectivity index (χ0v) is 12.6. The van der Waals surface area contributed by atoms with E-state index in [-0.39, 0.29) is 0 Å². The Morgan fingerprint density at radius 3 is 2.29 bits per heavy atom. The molecule has 0 bridgehead atoms. The van der Waals surface area contributed by atoms with Crippen molar-refractivity contribution in [3.05, 3.63) is 0 Å². The lowest BCUT2D eigenvalue weighted by atomic mass is 9.78. The van der Waals surface area contributed by atoms with Crippen molar-refractivity contribution in [2.75, 3.05) is 0 Å². The molecule has 1 N–H and O–H groups in total. The first-order valence-corrected chi connectivity index (χ1v) is 7.82. The molecule has 0 spiro atoms. The highest BCUT2D eigenvalue weighted by Gasteiger charge is 2.25. The molecule has 0 radical (unpaired) electrons. The predicted molar refractivity (Wildman–Crippen MR) is 77.3 cm³/mol. The molecule has 1 aliphatic rings. The zero-order chi connectivity index (χ0) is 12.8. The van der Waals surface area contributed by atoms with Crippen molar-refractivity contribution in [1.82, 2.24) is 5.32 Å². The summed E-state index contributed by atoms with van der Waals surface area (Å²) in [5, 5.41) is 3.92. The minimum Gasteiger partial charge on any atom is -0.311 e. The molecule has 1 nitrogen and oxygen atoms in total. The Labute approximate surface area is 109 Å².